The van der Waals surface area contributed by atoms with Crippen LogP contribution in [0.25, 0.3) is 43.8 Å². The number of nitrogens with zero attached hydrogens (tertiary/aromatic N) is 4. The van der Waals surface area contributed by atoms with Crippen LogP contribution in [0.15, 0.2) is 340 Å². The van der Waals surface area contributed by atoms with Crippen molar-refractivity contribution in [3.63, 3.8) is 0 Å². The molecule has 400 valence electrons. The summed E-state index contributed by atoms with van der Waals surface area (Å²) in [6.07, 6.45) is 0. The van der Waals surface area contributed by atoms with Gasteiger partial charge in [0.25, 0.3) is 0 Å². The van der Waals surface area contributed by atoms with E-state index in [1.807, 2.05) is 0 Å². The highest BCUT2D eigenvalue weighted by Crippen LogP contribution is 2.64. The van der Waals surface area contributed by atoms with E-state index >= 15 is 0 Å². The molecule has 0 saturated carbocycles. The lowest BCUT2D eigenvalue weighted by Crippen LogP contribution is -2.26. The number of benzene rings is 14. The highest BCUT2D eigenvalue weighted by Gasteiger charge is 2.52. The maximum Gasteiger partial charge on any atom is 0.0727 e. The van der Waals surface area contributed by atoms with E-state index in [4.69, 9.17) is 0 Å². The van der Waals surface area contributed by atoms with Gasteiger partial charge in [-0.25, -0.2) is 0 Å². The van der Waals surface area contributed by atoms with Gasteiger partial charge in [0.2, 0.25) is 0 Å². The second-order valence-electron chi connectivity index (χ2n) is 22.0. The summed E-state index contributed by atoms with van der Waals surface area (Å²) in [5, 5.41) is 4.73. The monoisotopic (exact) mass is 1080 g/mol. The van der Waals surface area contributed by atoms with Crippen molar-refractivity contribution in [2.24, 2.45) is 0 Å². The van der Waals surface area contributed by atoms with Gasteiger partial charge in [0.15, 0.2) is 0 Å². The lowest BCUT2D eigenvalue weighted by molar-refractivity contribution is 0.793. The summed E-state index contributed by atoms with van der Waals surface area (Å²) >= 11 is 0. The maximum absolute atomic E-state index is 2.51. The molecule has 4 nitrogen and oxygen atoms in total. The lowest BCUT2D eigenvalue weighted by Gasteiger charge is -2.34. The summed E-state index contributed by atoms with van der Waals surface area (Å²) < 4.78 is 0. The zero-order chi connectivity index (χ0) is 56.3. The van der Waals surface area contributed by atoms with E-state index in [0.29, 0.717) is 0 Å². The summed E-state index contributed by atoms with van der Waals surface area (Å²) in [6.45, 7) is 0. The first kappa shape index (κ1) is 49.6. The van der Waals surface area contributed by atoms with Gasteiger partial charge in [0.05, 0.1) is 16.8 Å². The molecular formula is C81H56N4. The SMILES string of the molecule is c1ccc(N(c2ccccc2)c2ccc(N(c3ccc4c(c3)C3(c5ccccc5-c5ccccc53)c3cc(N(c5ccc(N(c6ccccc6)c6ccccc6)cc5)c5cccc6ccccc56)ccc3-4)c3cccc4ccccc34)cc2)cc1. The minimum Gasteiger partial charge on any atom is -0.311 e. The van der Waals surface area contributed by atoms with Crippen molar-refractivity contribution >= 4 is 89.8 Å². The Morgan fingerprint density at radius 2 is 0.447 bits per heavy atom. The van der Waals surface area contributed by atoms with Crippen molar-refractivity contribution in [1.29, 1.82) is 0 Å². The van der Waals surface area contributed by atoms with Crippen LogP contribution < -0.4 is 19.6 Å². The fraction of sp³-hybridized carbons (Fsp3) is 0.0123. The molecule has 0 saturated heterocycles. The summed E-state index contributed by atoms with van der Waals surface area (Å²) in [4.78, 5) is 9.60. The molecule has 14 aromatic carbocycles. The Morgan fingerprint density at radius 1 is 0.176 bits per heavy atom. The Hall–Kier alpha value is -11.2. The van der Waals surface area contributed by atoms with E-state index in [1.165, 1.54) is 66.1 Å². The van der Waals surface area contributed by atoms with Gasteiger partial charge in [-0.1, -0.05) is 206 Å². The molecule has 1 spiro atoms. The third-order valence-electron chi connectivity index (χ3n) is 17.4. The molecule has 2 aliphatic carbocycles. The fourth-order valence-electron chi connectivity index (χ4n) is 13.8. The van der Waals surface area contributed by atoms with Gasteiger partial charge in [-0.15, -0.1) is 0 Å². The fourth-order valence-corrected chi connectivity index (χ4v) is 13.8. The third kappa shape index (κ3) is 8.21. The predicted octanol–water partition coefficient (Wildman–Crippen LogP) is 22.2. The number of hydrogen-bond acceptors (Lipinski definition) is 4. The average Bonchev–Trinajstić information content (AvgIpc) is 1.63. The lowest BCUT2D eigenvalue weighted by atomic mass is 9.70. The molecule has 2 aliphatic rings. The molecule has 0 aliphatic heterocycles. The first-order valence-corrected chi connectivity index (χ1v) is 29.2. The number of para-hydroxylation sites is 4. The molecule has 16 rings (SSSR count). The topological polar surface area (TPSA) is 13.0 Å². The number of anilines is 12. The van der Waals surface area contributed by atoms with Crippen molar-refractivity contribution in [2.45, 2.75) is 5.41 Å². The van der Waals surface area contributed by atoms with Gasteiger partial charge in [-0.2, -0.15) is 0 Å². The molecule has 0 radical (unpaired) electrons. The zero-order valence-electron chi connectivity index (χ0n) is 46.6. The van der Waals surface area contributed by atoms with E-state index in [-0.39, 0.29) is 0 Å². The van der Waals surface area contributed by atoms with E-state index in [9.17, 15) is 0 Å². The number of rotatable bonds is 12. The van der Waals surface area contributed by atoms with Crippen LogP contribution in [0.2, 0.25) is 0 Å². The normalized spacial score (nSPS) is 12.3. The highest BCUT2D eigenvalue weighted by molar-refractivity contribution is 6.03. The molecule has 0 bridgehead atoms. The Bertz CT molecular complexity index is 4380. The Kier molecular flexibility index (Phi) is 12.1. The van der Waals surface area contributed by atoms with Crippen molar-refractivity contribution in [1.82, 2.24) is 0 Å². The zero-order valence-corrected chi connectivity index (χ0v) is 46.6. The van der Waals surface area contributed by atoms with Crippen LogP contribution >= 0.6 is 0 Å². The Morgan fingerprint density at radius 3 is 0.824 bits per heavy atom. The van der Waals surface area contributed by atoms with Crippen molar-refractivity contribution in [2.75, 3.05) is 19.6 Å². The van der Waals surface area contributed by atoms with Crippen LogP contribution in [-0.4, -0.2) is 0 Å². The summed E-state index contributed by atoms with van der Waals surface area (Å²) in [6, 6.07) is 124. The molecule has 85 heavy (non-hydrogen) atoms. The van der Waals surface area contributed by atoms with Crippen LogP contribution in [0.3, 0.4) is 0 Å². The van der Waals surface area contributed by atoms with Crippen molar-refractivity contribution in [3.8, 4) is 22.3 Å². The summed E-state index contributed by atoms with van der Waals surface area (Å²) in [5.74, 6) is 0. The second kappa shape index (κ2) is 20.7. The average molecular weight is 1090 g/mol. The van der Waals surface area contributed by atoms with Crippen molar-refractivity contribution in [3.05, 3.63) is 362 Å². The largest absolute Gasteiger partial charge is 0.311 e. The molecule has 4 heteroatoms. The molecule has 0 amide bonds. The quantitative estimate of drug-likeness (QED) is 0.121. The molecule has 0 heterocycles. The van der Waals surface area contributed by atoms with Gasteiger partial charge in [-0.3, -0.25) is 0 Å². The number of hydrogen-bond donors (Lipinski definition) is 0. The van der Waals surface area contributed by atoms with Gasteiger partial charge in [-0.05, 0) is 189 Å². The predicted molar refractivity (Wildman–Crippen MR) is 356 cm³/mol. The minimum atomic E-state index is -0.663. The van der Waals surface area contributed by atoms with Gasteiger partial charge < -0.3 is 19.6 Å². The molecular weight excluding hydrogens is 1030 g/mol. The van der Waals surface area contributed by atoms with E-state index < -0.39 is 5.41 Å². The van der Waals surface area contributed by atoms with Gasteiger partial charge in [0, 0.05) is 67.6 Å². The minimum absolute atomic E-state index is 0.663. The van der Waals surface area contributed by atoms with Crippen LogP contribution in [0.1, 0.15) is 22.3 Å². The summed E-state index contributed by atoms with van der Waals surface area (Å²) in [5.41, 5.74) is 22.5. The third-order valence-corrected chi connectivity index (χ3v) is 17.4. The molecule has 0 N–H and O–H groups in total. The molecule has 0 aromatic heterocycles. The van der Waals surface area contributed by atoms with Crippen molar-refractivity contribution < 1.29 is 0 Å². The van der Waals surface area contributed by atoms with Crippen LogP contribution in [0, 0.1) is 0 Å². The molecule has 0 unspecified atom stereocenters. The smallest absolute Gasteiger partial charge is 0.0727 e. The first-order chi connectivity index (χ1) is 42.2. The van der Waals surface area contributed by atoms with E-state index in [0.717, 1.165) is 68.2 Å². The highest BCUT2D eigenvalue weighted by atomic mass is 15.2. The second-order valence-corrected chi connectivity index (χ2v) is 22.0. The van der Waals surface area contributed by atoms with E-state index in [2.05, 4.69) is 359 Å². The number of fused-ring (bicyclic) bond motifs is 12. The van der Waals surface area contributed by atoms with Gasteiger partial charge >= 0.3 is 0 Å². The van der Waals surface area contributed by atoms with Gasteiger partial charge in [0.1, 0.15) is 0 Å². The maximum atomic E-state index is 2.51. The first-order valence-electron chi connectivity index (χ1n) is 29.2. The molecule has 0 atom stereocenters. The van der Waals surface area contributed by atoms with E-state index in [1.54, 1.807) is 0 Å². The Labute approximate surface area is 496 Å². The van der Waals surface area contributed by atoms with Crippen LogP contribution in [-0.2, 0) is 5.41 Å². The van der Waals surface area contributed by atoms with Crippen LogP contribution in [0.5, 0.6) is 0 Å². The molecule has 0 fully saturated rings. The Balaban J connectivity index is 0.892. The molecule has 14 aromatic rings. The van der Waals surface area contributed by atoms with Crippen LogP contribution in [0.4, 0.5) is 68.2 Å². The summed E-state index contributed by atoms with van der Waals surface area (Å²) in [7, 11) is 0. The standard InChI is InChI=1S/C81H56N4/c1-5-27-59(28-6-1)82(60-29-7-2-8-30-60)63-43-47-65(48-44-63)84(79-41-21-25-57-23-13-15-35-69(57)79)67-51-53-73-74-54-52-68(56-78(74)81(77(73)55-67)75-39-19-17-37-71(75)72-38-18-20-40-76(72)81)85(80-42-22-26-58-24-14-16-36-70(58)80)66-49-45-64(46-50-66)83(61-31-9-3-10-32-61)62-33-11-4-12-34-62/h1-56H.